The number of hydrogen-bond donors (Lipinski definition) is 0. The smallest absolute Gasteiger partial charge is 0.179 e. The summed E-state index contributed by atoms with van der Waals surface area (Å²) in [5, 5.41) is 0. The molecule has 21 heavy (non-hydrogen) atoms. The number of hydrogen-bond acceptors (Lipinski definition) is 4. The van der Waals surface area contributed by atoms with E-state index in [9.17, 15) is 4.79 Å². The average Bonchev–Trinajstić information content (AvgIpc) is 2.54. The molecule has 1 aliphatic rings. The fourth-order valence-electron chi connectivity index (χ4n) is 2.88. The van der Waals surface area contributed by atoms with Gasteiger partial charge in [-0.3, -0.25) is 9.69 Å². The van der Waals surface area contributed by atoms with E-state index in [1.165, 1.54) is 0 Å². The number of nitrogens with zero attached hydrogens (tertiary/aromatic N) is 1. The Morgan fingerprint density at radius 2 is 1.95 bits per heavy atom. The molecule has 3 atom stereocenters. The Morgan fingerprint density at radius 1 is 1.29 bits per heavy atom. The summed E-state index contributed by atoms with van der Waals surface area (Å²) in [6, 6.07) is 7.20. The Balaban J connectivity index is 2.04. The number of benzene rings is 1. The van der Waals surface area contributed by atoms with Crippen LogP contribution in [0.5, 0.6) is 5.75 Å². The lowest BCUT2D eigenvalue weighted by Crippen LogP contribution is -2.50. The first-order valence-corrected chi connectivity index (χ1v) is 7.52. The minimum atomic E-state index is -0.122. The Labute approximate surface area is 127 Å². The summed E-state index contributed by atoms with van der Waals surface area (Å²) < 4.78 is 10.7. The van der Waals surface area contributed by atoms with E-state index in [4.69, 9.17) is 9.47 Å². The maximum absolute atomic E-state index is 12.6. The Kier molecular flexibility index (Phi) is 5.37. The fourth-order valence-corrected chi connectivity index (χ4v) is 2.88. The molecule has 1 heterocycles. The quantitative estimate of drug-likeness (QED) is 0.782. The van der Waals surface area contributed by atoms with Crippen molar-refractivity contribution in [3.63, 3.8) is 0 Å². The van der Waals surface area contributed by atoms with Crippen LogP contribution in [0, 0.1) is 5.92 Å². The molecule has 116 valence electrons. The molecule has 1 aliphatic heterocycles. The molecule has 4 nitrogen and oxygen atoms in total. The molecule has 3 unspecified atom stereocenters. The van der Waals surface area contributed by atoms with Crippen molar-refractivity contribution in [2.75, 3.05) is 27.3 Å². The highest BCUT2D eigenvalue weighted by atomic mass is 16.5. The number of ether oxygens (including phenoxy) is 2. The molecule has 1 saturated heterocycles. The molecular formula is C17H25NO3. The molecule has 0 radical (unpaired) electrons. The SMILES string of the molecule is COc1ccc(C(=O)C(C)N2CCC(C)C(OC)C2)cc1. The molecule has 0 N–H and O–H groups in total. The third-order valence-corrected chi connectivity index (χ3v) is 4.53. The summed E-state index contributed by atoms with van der Waals surface area (Å²) in [6.45, 7) is 5.96. The van der Waals surface area contributed by atoms with Crippen LogP contribution >= 0.6 is 0 Å². The molecule has 1 fully saturated rings. The molecule has 2 rings (SSSR count). The summed E-state index contributed by atoms with van der Waals surface area (Å²) in [5.74, 6) is 1.47. The summed E-state index contributed by atoms with van der Waals surface area (Å²) in [6.07, 6.45) is 1.28. The van der Waals surface area contributed by atoms with Crippen molar-refractivity contribution >= 4 is 5.78 Å². The molecule has 0 amide bonds. The summed E-state index contributed by atoms with van der Waals surface area (Å²) >= 11 is 0. The normalized spacial score (nSPS) is 24.6. The van der Waals surface area contributed by atoms with Gasteiger partial charge in [0.25, 0.3) is 0 Å². The summed E-state index contributed by atoms with van der Waals surface area (Å²) in [5.41, 5.74) is 0.732. The van der Waals surface area contributed by atoms with E-state index in [-0.39, 0.29) is 17.9 Å². The van der Waals surface area contributed by atoms with Crippen LogP contribution in [0.25, 0.3) is 0 Å². The van der Waals surface area contributed by atoms with Crippen molar-refractivity contribution in [1.29, 1.82) is 0 Å². The van der Waals surface area contributed by atoms with E-state index in [0.717, 1.165) is 30.8 Å². The third-order valence-electron chi connectivity index (χ3n) is 4.53. The standard InChI is InChI=1S/C17H25NO3/c1-12-9-10-18(11-16(12)21-4)13(2)17(19)14-5-7-15(20-3)8-6-14/h5-8,12-13,16H,9-11H2,1-4H3. The van der Waals surface area contributed by atoms with Gasteiger partial charge in [0.15, 0.2) is 5.78 Å². The predicted octanol–water partition coefficient (Wildman–Crippen LogP) is 2.62. The van der Waals surface area contributed by atoms with Crippen LogP contribution in [0.4, 0.5) is 0 Å². The Morgan fingerprint density at radius 3 is 2.52 bits per heavy atom. The van der Waals surface area contributed by atoms with E-state index in [0.29, 0.717) is 5.92 Å². The van der Waals surface area contributed by atoms with Gasteiger partial charge in [-0.2, -0.15) is 0 Å². The van der Waals surface area contributed by atoms with Crippen molar-refractivity contribution in [3.05, 3.63) is 29.8 Å². The van der Waals surface area contributed by atoms with E-state index in [2.05, 4.69) is 11.8 Å². The minimum absolute atomic E-state index is 0.122. The number of ketones is 1. The van der Waals surface area contributed by atoms with Gasteiger partial charge in [-0.1, -0.05) is 6.92 Å². The second-order valence-electron chi connectivity index (χ2n) is 5.80. The second kappa shape index (κ2) is 7.05. The summed E-state index contributed by atoms with van der Waals surface area (Å²) in [4.78, 5) is 14.8. The van der Waals surface area contributed by atoms with Gasteiger partial charge in [0, 0.05) is 19.2 Å². The monoisotopic (exact) mass is 291 g/mol. The first-order chi connectivity index (χ1) is 10.1. The van der Waals surface area contributed by atoms with Crippen molar-refractivity contribution in [2.45, 2.75) is 32.4 Å². The molecule has 1 aromatic rings. The van der Waals surface area contributed by atoms with E-state index >= 15 is 0 Å². The maximum atomic E-state index is 12.6. The van der Waals surface area contributed by atoms with Crippen molar-refractivity contribution in [2.24, 2.45) is 5.92 Å². The number of carbonyl (C=O) groups is 1. The Hall–Kier alpha value is -1.39. The van der Waals surface area contributed by atoms with Gasteiger partial charge in [0.2, 0.25) is 0 Å². The van der Waals surface area contributed by atoms with Crippen LogP contribution in [0.2, 0.25) is 0 Å². The summed E-state index contributed by atoms with van der Waals surface area (Å²) in [7, 11) is 3.37. The zero-order chi connectivity index (χ0) is 15.4. The average molecular weight is 291 g/mol. The van der Waals surface area contributed by atoms with Crippen molar-refractivity contribution in [3.8, 4) is 5.75 Å². The number of likely N-dealkylation sites (tertiary alicyclic amines) is 1. The highest BCUT2D eigenvalue weighted by Crippen LogP contribution is 2.23. The molecule has 0 saturated carbocycles. The van der Waals surface area contributed by atoms with Crippen LogP contribution in [0.1, 0.15) is 30.6 Å². The lowest BCUT2D eigenvalue weighted by molar-refractivity contribution is -0.0139. The van der Waals surface area contributed by atoms with Crippen molar-refractivity contribution < 1.29 is 14.3 Å². The van der Waals surface area contributed by atoms with E-state index in [1.807, 2.05) is 31.2 Å². The molecule has 0 spiro atoms. The largest absolute Gasteiger partial charge is 0.497 e. The fraction of sp³-hybridized carbons (Fsp3) is 0.588. The highest BCUT2D eigenvalue weighted by molar-refractivity contribution is 5.99. The Bertz CT molecular complexity index is 471. The van der Waals surface area contributed by atoms with Gasteiger partial charge in [-0.15, -0.1) is 0 Å². The molecule has 1 aromatic carbocycles. The molecule has 0 bridgehead atoms. The number of methoxy groups -OCH3 is 2. The molecule has 0 aromatic heterocycles. The molecule has 0 aliphatic carbocycles. The van der Waals surface area contributed by atoms with Crippen LogP contribution in [0.15, 0.2) is 24.3 Å². The number of Topliss-reactive ketones (excluding diaryl/α,β-unsaturated/α-hetero) is 1. The first kappa shape index (κ1) is 16.0. The first-order valence-electron chi connectivity index (χ1n) is 7.52. The van der Waals surface area contributed by atoms with Crippen LogP contribution in [0.3, 0.4) is 0 Å². The van der Waals surface area contributed by atoms with E-state index in [1.54, 1.807) is 14.2 Å². The zero-order valence-electron chi connectivity index (χ0n) is 13.3. The topological polar surface area (TPSA) is 38.8 Å². The third kappa shape index (κ3) is 3.63. The number of piperidine rings is 1. The minimum Gasteiger partial charge on any atom is -0.497 e. The lowest BCUT2D eigenvalue weighted by atomic mass is 9.93. The number of rotatable bonds is 5. The van der Waals surface area contributed by atoms with E-state index < -0.39 is 0 Å². The van der Waals surface area contributed by atoms with Gasteiger partial charge in [0.05, 0.1) is 19.3 Å². The second-order valence-corrected chi connectivity index (χ2v) is 5.80. The zero-order valence-corrected chi connectivity index (χ0v) is 13.3. The predicted molar refractivity (Wildman–Crippen MR) is 82.9 cm³/mol. The lowest BCUT2D eigenvalue weighted by Gasteiger charge is -2.38. The van der Waals surface area contributed by atoms with Crippen LogP contribution in [-0.4, -0.2) is 50.1 Å². The van der Waals surface area contributed by atoms with Gasteiger partial charge >= 0.3 is 0 Å². The number of carbonyl (C=O) groups excluding carboxylic acids is 1. The van der Waals surface area contributed by atoms with Crippen LogP contribution in [-0.2, 0) is 4.74 Å². The van der Waals surface area contributed by atoms with Crippen LogP contribution < -0.4 is 4.74 Å². The van der Waals surface area contributed by atoms with Crippen molar-refractivity contribution in [1.82, 2.24) is 4.90 Å². The van der Waals surface area contributed by atoms with Gasteiger partial charge < -0.3 is 9.47 Å². The highest BCUT2D eigenvalue weighted by Gasteiger charge is 2.31. The molecular weight excluding hydrogens is 266 g/mol. The maximum Gasteiger partial charge on any atom is 0.179 e. The molecule has 4 heteroatoms. The van der Waals surface area contributed by atoms with Gasteiger partial charge in [-0.25, -0.2) is 0 Å². The van der Waals surface area contributed by atoms with Gasteiger partial charge in [0.1, 0.15) is 5.75 Å². The van der Waals surface area contributed by atoms with Gasteiger partial charge in [-0.05, 0) is 50.1 Å².